The van der Waals surface area contributed by atoms with Crippen molar-refractivity contribution in [2.24, 2.45) is 0 Å². The van der Waals surface area contributed by atoms with Crippen LogP contribution < -0.4 is 5.32 Å². The molecule has 2 heterocycles. The van der Waals surface area contributed by atoms with Crippen molar-refractivity contribution in [3.05, 3.63) is 17.5 Å². The zero-order chi connectivity index (χ0) is 15.5. The van der Waals surface area contributed by atoms with E-state index in [2.05, 4.69) is 10.5 Å². The molecule has 1 atom stereocenters. The van der Waals surface area contributed by atoms with Gasteiger partial charge in [-0.15, -0.1) is 0 Å². The SMILES string of the molecule is CCc1cc(CNC(=O)CN(C)[C@@H]2CCS(=O)(=O)C2)on1. The first kappa shape index (κ1) is 16.0. The highest BCUT2D eigenvalue weighted by Gasteiger charge is 2.31. The summed E-state index contributed by atoms with van der Waals surface area (Å²) in [6.07, 6.45) is 1.38. The first-order chi connectivity index (χ1) is 9.89. The Bertz CT molecular complexity index is 596. The zero-order valence-corrected chi connectivity index (χ0v) is 13.1. The predicted molar refractivity (Wildman–Crippen MR) is 77.4 cm³/mol. The summed E-state index contributed by atoms with van der Waals surface area (Å²) in [6, 6.07) is 1.74. The van der Waals surface area contributed by atoms with E-state index in [-0.39, 0.29) is 30.0 Å². The van der Waals surface area contributed by atoms with E-state index in [9.17, 15) is 13.2 Å². The van der Waals surface area contributed by atoms with Crippen LogP contribution in [0.2, 0.25) is 0 Å². The highest BCUT2D eigenvalue weighted by atomic mass is 32.2. The highest BCUT2D eigenvalue weighted by molar-refractivity contribution is 7.91. The molecule has 7 nitrogen and oxygen atoms in total. The quantitative estimate of drug-likeness (QED) is 0.792. The third kappa shape index (κ3) is 4.53. The van der Waals surface area contributed by atoms with Crippen LogP contribution >= 0.6 is 0 Å². The zero-order valence-electron chi connectivity index (χ0n) is 12.3. The number of likely N-dealkylation sites (N-methyl/N-ethyl adjacent to an activating group) is 1. The molecule has 0 aliphatic carbocycles. The van der Waals surface area contributed by atoms with Gasteiger partial charge in [-0.3, -0.25) is 9.69 Å². The fourth-order valence-electron chi connectivity index (χ4n) is 2.33. The Labute approximate surface area is 124 Å². The largest absolute Gasteiger partial charge is 0.359 e. The van der Waals surface area contributed by atoms with Gasteiger partial charge in [-0.1, -0.05) is 12.1 Å². The van der Waals surface area contributed by atoms with E-state index in [1.165, 1.54) is 0 Å². The average Bonchev–Trinajstić information content (AvgIpc) is 3.02. The summed E-state index contributed by atoms with van der Waals surface area (Å²) in [5.41, 5.74) is 0.854. The fraction of sp³-hybridized carbons (Fsp3) is 0.692. The maximum Gasteiger partial charge on any atom is 0.234 e. The van der Waals surface area contributed by atoms with Crippen LogP contribution in [0.5, 0.6) is 0 Å². The van der Waals surface area contributed by atoms with Crippen LogP contribution in [0, 0.1) is 0 Å². The molecule has 0 aromatic carbocycles. The van der Waals surface area contributed by atoms with Gasteiger partial charge in [-0.05, 0) is 19.9 Å². The molecule has 1 aliphatic heterocycles. The molecule has 0 radical (unpaired) electrons. The third-order valence-electron chi connectivity index (χ3n) is 3.65. The molecule has 21 heavy (non-hydrogen) atoms. The van der Waals surface area contributed by atoms with Crippen molar-refractivity contribution in [3.63, 3.8) is 0 Å². The van der Waals surface area contributed by atoms with Crippen LogP contribution in [0.3, 0.4) is 0 Å². The number of rotatable bonds is 6. The third-order valence-corrected chi connectivity index (χ3v) is 5.40. The number of amides is 1. The van der Waals surface area contributed by atoms with E-state index in [0.717, 1.165) is 12.1 Å². The lowest BCUT2D eigenvalue weighted by molar-refractivity contribution is -0.122. The number of sulfone groups is 1. The van der Waals surface area contributed by atoms with Crippen molar-refractivity contribution in [1.82, 2.24) is 15.4 Å². The van der Waals surface area contributed by atoms with E-state index in [0.29, 0.717) is 18.7 Å². The summed E-state index contributed by atoms with van der Waals surface area (Å²) in [5, 5.41) is 6.60. The minimum absolute atomic E-state index is 0.0716. The molecule has 0 unspecified atom stereocenters. The number of carbonyl (C=O) groups excluding carboxylic acids is 1. The molecule has 118 valence electrons. The molecule has 1 fully saturated rings. The standard InChI is InChI=1S/C13H21N3O4S/c1-3-10-6-12(20-15-10)7-14-13(17)8-16(2)11-4-5-21(18,19)9-11/h6,11H,3-5,7-9H2,1-2H3,(H,14,17)/t11-/m1/s1. The van der Waals surface area contributed by atoms with Gasteiger partial charge in [0.15, 0.2) is 15.6 Å². The van der Waals surface area contributed by atoms with Crippen LogP contribution in [0.1, 0.15) is 24.8 Å². The Morgan fingerprint density at radius 1 is 1.57 bits per heavy atom. The number of aromatic nitrogens is 1. The molecule has 1 N–H and O–H groups in total. The van der Waals surface area contributed by atoms with Crippen molar-refractivity contribution in [2.45, 2.75) is 32.4 Å². The lowest BCUT2D eigenvalue weighted by atomic mass is 10.2. The summed E-state index contributed by atoms with van der Waals surface area (Å²) in [6.45, 7) is 2.45. The second-order valence-corrected chi connectivity index (χ2v) is 7.62. The average molecular weight is 315 g/mol. The summed E-state index contributed by atoms with van der Waals surface area (Å²) in [7, 11) is -1.16. The van der Waals surface area contributed by atoms with Crippen LogP contribution in [0.15, 0.2) is 10.6 Å². The molecule has 0 saturated carbocycles. The lowest BCUT2D eigenvalue weighted by Crippen LogP contribution is -2.40. The van der Waals surface area contributed by atoms with Gasteiger partial charge in [0.1, 0.15) is 0 Å². The monoisotopic (exact) mass is 315 g/mol. The van der Waals surface area contributed by atoms with E-state index in [1.54, 1.807) is 11.9 Å². The number of hydrogen-bond donors (Lipinski definition) is 1. The fourth-order valence-corrected chi connectivity index (χ4v) is 4.13. The second-order valence-electron chi connectivity index (χ2n) is 5.39. The molecule has 0 bridgehead atoms. The van der Waals surface area contributed by atoms with Crippen molar-refractivity contribution in [2.75, 3.05) is 25.1 Å². The predicted octanol–water partition coefficient (Wildman–Crippen LogP) is -0.0279. The summed E-state index contributed by atoms with van der Waals surface area (Å²) in [4.78, 5) is 13.6. The maximum atomic E-state index is 11.9. The topological polar surface area (TPSA) is 92.5 Å². The van der Waals surface area contributed by atoms with E-state index in [4.69, 9.17) is 4.52 Å². The molecular formula is C13H21N3O4S. The molecule has 8 heteroatoms. The molecule has 1 saturated heterocycles. The Morgan fingerprint density at radius 3 is 2.90 bits per heavy atom. The van der Waals surface area contributed by atoms with Crippen LogP contribution in [0.4, 0.5) is 0 Å². The minimum atomic E-state index is -2.93. The van der Waals surface area contributed by atoms with Gasteiger partial charge in [0.25, 0.3) is 0 Å². The Kier molecular flexibility index (Phi) is 5.00. The van der Waals surface area contributed by atoms with Crippen LogP contribution in [-0.2, 0) is 27.6 Å². The summed E-state index contributed by atoms with van der Waals surface area (Å²) in [5.74, 6) is 0.808. The molecule has 1 aromatic heterocycles. The van der Waals surface area contributed by atoms with Gasteiger partial charge in [-0.2, -0.15) is 0 Å². The van der Waals surface area contributed by atoms with Gasteiger partial charge >= 0.3 is 0 Å². The Balaban J connectivity index is 1.76. The Morgan fingerprint density at radius 2 is 2.33 bits per heavy atom. The summed E-state index contributed by atoms with van der Waals surface area (Å²) < 4.78 is 27.9. The molecule has 1 aliphatic rings. The second kappa shape index (κ2) is 6.57. The Hall–Kier alpha value is -1.41. The number of carbonyl (C=O) groups is 1. The van der Waals surface area contributed by atoms with Gasteiger partial charge in [0.05, 0.1) is 30.3 Å². The van der Waals surface area contributed by atoms with Crippen molar-refractivity contribution >= 4 is 15.7 Å². The summed E-state index contributed by atoms with van der Waals surface area (Å²) >= 11 is 0. The van der Waals surface area contributed by atoms with Gasteiger partial charge < -0.3 is 9.84 Å². The molecular weight excluding hydrogens is 294 g/mol. The van der Waals surface area contributed by atoms with Crippen LogP contribution in [-0.4, -0.2) is 55.5 Å². The van der Waals surface area contributed by atoms with E-state index >= 15 is 0 Å². The highest BCUT2D eigenvalue weighted by Crippen LogP contribution is 2.16. The van der Waals surface area contributed by atoms with E-state index in [1.807, 2.05) is 13.0 Å². The molecule has 1 amide bonds. The maximum absolute atomic E-state index is 11.9. The smallest absolute Gasteiger partial charge is 0.234 e. The lowest BCUT2D eigenvalue weighted by Gasteiger charge is -2.22. The first-order valence-electron chi connectivity index (χ1n) is 7.01. The van der Waals surface area contributed by atoms with Crippen LogP contribution in [0.25, 0.3) is 0 Å². The number of nitrogens with zero attached hydrogens (tertiary/aromatic N) is 2. The van der Waals surface area contributed by atoms with E-state index < -0.39 is 9.84 Å². The van der Waals surface area contributed by atoms with Gasteiger partial charge in [-0.25, -0.2) is 8.42 Å². The van der Waals surface area contributed by atoms with Crippen molar-refractivity contribution < 1.29 is 17.7 Å². The molecule has 2 rings (SSSR count). The number of hydrogen-bond acceptors (Lipinski definition) is 6. The van der Waals surface area contributed by atoms with Crippen molar-refractivity contribution in [3.8, 4) is 0 Å². The minimum Gasteiger partial charge on any atom is -0.359 e. The molecule has 0 spiro atoms. The first-order valence-corrected chi connectivity index (χ1v) is 8.83. The van der Waals surface area contributed by atoms with Gasteiger partial charge in [0.2, 0.25) is 5.91 Å². The normalized spacial score (nSPS) is 20.8. The number of aryl methyl sites for hydroxylation is 1. The number of nitrogens with one attached hydrogen (secondary N) is 1. The van der Waals surface area contributed by atoms with Crippen molar-refractivity contribution in [1.29, 1.82) is 0 Å². The molecule has 1 aromatic rings. The van der Waals surface area contributed by atoms with Gasteiger partial charge in [0, 0.05) is 12.1 Å².